The van der Waals surface area contributed by atoms with Gasteiger partial charge in [-0.05, 0) is 62.6 Å². The summed E-state index contributed by atoms with van der Waals surface area (Å²) in [4.78, 5) is 2.30. The molecule has 0 aliphatic carbocycles. The fraction of sp³-hybridized carbons (Fsp3) is 0.455. The van der Waals surface area contributed by atoms with Gasteiger partial charge in [0.2, 0.25) is 5.75 Å². The van der Waals surface area contributed by atoms with Crippen molar-refractivity contribution in [2.24, 2.45) is 0 Å². The van der Waals surface area contributed by atoms with Crippen LogP contribution in [-0.4, -0.2) is 44.4 Å². The molecule has 27 heavy (non-hydrogen) atoms. The van der Waals surface area contributed by atoms with Gasteiger partial charge in [-0.25, -0.2) is 0 Å². The van der Waals surface area contributed by atoms with Crippen molar-refractivity contribution in [3.63, 3.8) is 0 Å². The number of likely N-dealkylation sites (N-methyl/N-ethyl adjacent to an activating group) is 1. The van der Waals surface area contributed by atoms with E-state index in [0.717, 1.165) is 41.8 Å². The summed E-state index contributed by atoms with van der Waals surface area (Å²) in [5.41, 5.74) is 4.40. The van der Waals surface area contributed by atoms with Gasteiger partial charge in [-0.15, -0.1) is 0 Å². The van der Waals surface area contributed by atoms with Crippen LogP contribution in [0.2, 0.25) is 0 Å². The molecule has 1 N–H and O–H groups in total. The molecular weight excluding hydrogens is 342 g/mol. The molecule has 0 saturated carbocycles. The smallest absolute Gasteiger partial charge is 0.203 e. The van der Waals surface area contributed by atoms with E-state index in [9.17, 15) is 5.11 Å². The highest BCUT2D eigenvalue weighted by Crippen LogP contribution is 2.47. The van der Waals surface area contributed by atoms with Crippen molar-refractivity contribution in [1.29, 1.82) is 0 Å². The number of hydrogen-bond acceptors (Lipinski definition) is 5. The molecule has 5 heteroatoms. The quantitative estimate of drug-likeness (QED) is 0.835. The minimum Gasteiger partial charge on any atom is -0.504 e. The van der Waals surface area contributed by atoms with Crippen molar-refractivity contribution in [3.05, 3.63) is 46.5 Å². The van der Waals surface area contributed by atoms with Crippen LogP contribution < -0.4 is 14.2 Å². The molecule has 0 saturated heterocycles. The van der Waals surface area contributed by atoms with E-state index in [0.29, 0.717) is 18.1 Å². The number of phenols is 1. The third kappa shape index (κ3) is 3.69. The van der Waals surface area contributed by atoms with Gasteiger partial charge in [-0.3, -0.25) is 4.90 Å². The second-order valence-electron chi connectivity index (χ2n) is 7.02. The molecule has 1 heterocycles. The topological polar surface area (TPSA) is 51.2 Å². The summed E-state index contributed by atoms with van der Waals surface area (Å²) in [6.07, 6.45) is 1.68. The van der Waals surface area contributed by atoms with E-state index in [1.165, 1.54) is 5.56 Å². The Balaban J connectivity index is 2.03. The first kappa shape index (κ1) is 19.4. The Morgan fingerprint density at radius 2 is 1.89 bits per heavy atom. The Morgan fingerprint density at radius 1 is 1.15 bits per heavy atom. The van der Waals surface area contributed by atoms with Crippen LogP contribution >= 0.6 is 0 Å². The molecule has 0 fully saturated rings. The first-order valence-corrected chi connectivity index (χ1v) is 9.39. The molecule has 0 amide bonds. The summed E-state index contributed by atoms with van der Waals surface area (Å²) in [5.74, 6) is 2.12. The maximum Gasteiger partial charge on any atom is 0.203 e. The van der Waals surface area contributed by atoms with Gasteiger partial charge in [-0.1, -0.05) is 12.1 Å². The predicted molar refractivity (Wildman–Crippen MR) is 106 cm³/mol. The Hall–Kier alpha value is -2.40. The molecule has 3 rings (SSSR count). The minimum absolute atomic E-state index is 0.0756. The van der Waals surface area contributed by atoms with Gasteiger partial charge < -0.3 is 19.3 Å². The average Bonchev–Trinajstić information content (AvgIpc) is 2.66. The van der Waals surface area contributed by atoms with Gasteiger partial charge in [0.15, 0.2) is 11.5 Å². The van der Waals surface area contributed by atoms with Crippen molar-refractivity contribution in [2.75, 3.05) is 34.4 Å². The van der Waals surface area contributed by atoms with Gasteiger partial charge in [0.05, 0.1) is 20.8 Å². The molecular formula is C22H29NO4. The molecule has 0 bridgehead atoms. The number of benzene rings is 2. The van der Waals surface area contributed by atoms with E-state index in [2.05, 4.69) is 31.0 Å². The van der Waals surface area contributed by atoms with Crippen LogP contribution in [-0.2, 0) is 12.8 Å². The van der Waals surface area contributed by atoms with Crippen molar-refractivity contribution in [2.45, 2.75) is 32.7 Å². The van der Waals surface area contributed by atoms with Gasteiger partial charge in [0.1, 0.15) is 5.75 Å². The molecule has 2 aromatic carbocycles. The number of phenolic OH excluding ortho intramolecular Hbond substituents is 1. The number of aryl methyl sites for hydroxylation is 1. The predicted octanol–water partition coefficient (Wildman–Crippen LogP) is 3.89. The number of hydrogen-bond donors (Lipinski definition) is 1. The van der Waals surface area contributed by atoms with Crippen LogP contribution in [0.15, 0.2) is 24.3 Å². The lowest BCUT2D eigenvalue weighted by Crippen LogP contribution is -2.33. The first-order chi connectivity index (χ1) is 13.0. The number of rotatable bonds is 6. The number of ether oxygens (including phenoxy) is 3. The van der Waals surface area contributed by atoms with Crippen molar-refractivity contribution in [1.82, 2.24) is 4.90 Å². The summed E-state index contributed by atoms with van der Waals surface area (Å²) in [7, 11) is 5.40. The van der Waals surface area contributed by atoms with Gasteiger partial charge in [0, 0.05) is 18.2 Å². The molecule has 0 radical (unpaired) electrons. The molecule has 0 spiro atoms. The maximum absolute atomic E-state index is 11.0. The fourth-order valence-corrected chi connectivity index (χ4v) is 3.93. The Kier molecular flexibility index (Phi) is 5.80. The lowest BCUT2D eigenvalue weighted by atomic mass is 9.87. The lowest BCUT2D eigenvalue weighted by molar-refractivity contribution is 0.218. The number of methoxy groups -OCH3 is 2. The highest BCUT2D eigenvalue weighted by molar-refractivity contribution is 5.60. The third-order valence-electron chi connectivity index (χ3n) is 5.34. The van der Waals surface area contributed by atoms with Gasteiger partial charge in [0.25, 0.3) is 0 Å². The number of nitrogens with zero attached hydrogens (tertiary/aromatic N) is 1. The summed E-state index contributed by atoms with van der Waals surface area (Å²) in [6.45, 7) is 5.36. The monoisotopic (exact) mass is 371 g/mol. The zero-order chi connectivity index (χ0) is 19.6. The lowest BCUT2D eigenvalue weighted by Gasteiger charge is -2.36. The molecule has 1 aliphatic heterocycles. The van der Waals surface area contributed by atoms with Crippen molar-refractivity contribution < 1.29 is 19.3 Å². The van der Waals surface area contributed by atoms with Crippen LogP contribution in [0.1, 0.15) is 35.2 Å². The summed E-state index contributed by atoms with van der Waals surface area (Å²) in [5, 5.41) is 11.0. The zero-order valence-electron chi connectivity index (χ0n) is 16.8. The van der Waals surface area contributed by atoms with E-state index in [-0.39, 0.29) is 11.8 Å². The summed E-state index contributed by atoms with van der Waals surface area (Å²) >= 11 is 0. The summed E-state index contributed by atoms with van der Waals surface area (Å²) in [6, 6.07) is 8.35. The van der Waals surface area contributed by atoms with Crippen molar-refractivity contribution >= 4 is 0 Å². The highest BCUT2D eigenvalue weighted by atomic mass is 16.5. The Labute approximate surface area is 161 Å². The minimum atomic E-state index is 0.0756. The van der Waals surface area contributed by atoms with E-state index in [1.54, 1.807) is 14.2 Å². The van der Waals surface area contributed by atoms with E-state index >= 15 is 0 Å². The van der Waals surface area contributed by atoms with Crippen LogP contribution in [0.25, 0.3) is 0 Å². The Morgan fingerprint density at radius 3 is 2.52 bits per heavy atom. The second kappa shape index (κ2) is 8.09. The van der Waals surface area contributed by atoms with E-state index in [4.69, 9.17) is 14.2 Å². The molecule has 1 atom stereocenters. The molecule has 0 aromatic heterocycles. The van der Waals surface area contributed by atoms with Crippen molar-refractivity contribution in [3.8, 4) is 23.0 Å². The van der Waals surface area contributed by atoms with Crippen LogP contribution in [0, 0.1) is 6.92 Å². The number of aromatic hydroxyl groups is 1. The Bertz CT molecular complexity index is 818. The van der Waals surface area contributed by atoms with Crippen LogP contribution in [0.5, 0.6) is 23.0 Å². The average molecular weight is 371 g/mol. The standard InChI is InChI=1S/C22H29NO4/c1-6-27-22-19(26-5)13-16-9-10-23(3)17(20(16)21(22)24)12-15-7-8-18(25-4)14(2)11-15/h7-8,11,13,17,24H,6,9-10,12H2,1-5H3. The van der Waals surface area contributed by atoms with E-state index < -0.39 is 0 Å². The first-order valence-electron chi connectivity index (χ1n) is 9.39. The summed E-state index contributed by atoms with van der Waals surface area (Å²) < 4.78 is 16.5. The molecule has 1 aliphatic rings. The molecule has 2 aromatic rings. The zero-order valence-corrected chi connectivity index (χ0v) is 16.8. The highest BCUT2D eigenvalue weighted by Gasteiger charge is 2.31. The normalized spacial score (nSPS) is 16.7. The second-order valence-corrected chi connectivity index (χ2v) is 7.02. The SMILES string of the molecule is CCOc1c(OC)cc2c(c1O)C(Cc1ccc(OC)c(C)c1)N(C)CC2. The van der Waals surface area contributed by atoms with Gasteiger partial charge >= 0.3 is 0 Å². The largest absolute Gasteiger partial charge is 0.504 e. The molecule has 146 valence electrons. The fourth-order valence-electron chi connectivity index (χ4n) is 3.93. The van der Waals surface area contributed by atoms with Crippen LogP contribution in [0.3, 0.4) is 0 Å². The van der Waals surface area contributed by atoms with Crippen LogP contribution in [0.4, 0.5) is 0 Å². The molecule has 5 nitrogen and oxygen atoms in total. The third-order valence-corrected chi connectivity index (χ3v) is 5.34. The van der Waals surface area contributed by atoms with E-state index in [1.807, 2.05) is 19.1 Å². The maximum atomic E-state index is 11.0. The van der Waals surface area contributed by atoms with Gasteiger partial charge in [-0.2, -0.15) is 0 Å². The molecule has 1 unspecified atom stereocenters. The number of fused-ring (bicyclic) bond motifs is 1.